The second-order valence-electron chi connectivity index (χ2n) is 7.61. The molecule has 1 aromatic carbocycles. The number of nitrogens with one attached hydrogen (secondary N) is 2. The van der Waals surface area contributed by atoms with Crippen LogP contribution in [0.3, 0.4) is 0 Å². The van der Waals surface area contributed by atoms with Crippen molar-refractivity contribution in [3.05, 3.63) is 48.4 Å². The number of aliphatic hydroxyl groups excluding tert-OH is 1. The fraction of sp³-hybridized carbons (Fsp3) is 0.476. The molecule has 3 N–H and O–H groups in total. The molecule has 3 aromatic rings. The molecular formula is C21H27N5O. The molecular weight excluding hydrogens is 338 g/mol. The van der Waals surface area contributed by atoms with Gasteiger partial charge in [0.1, 0.15) is 12.1 Å². The molecule has 1 aliphatic rings. The monoisotopic (exact) mass is 365 g/mol. The Labute approximate surface area is 159 Å². The van der Waals surface area contributed by atoms with Crippen LogP contribution in [0.4, 0.5) is 5.82 Å². The predicted molar refractivity (Wildman–Crippen MR) is 106 cm³/mol. The van der Waals surface area contributed by atoms with E-state index in [1.165, 1.54) is 5.56 Å². The van der Waals surface area contributed by atoms with E-state index in [2.05, 4.69) is 49.7 Å². The average Bonchev–Trinajstić information content (AvgIpc) is 3.21. The van der Waals surface area contributed by atoms with Gasteiger partial charge in [-0.2, -0.15) is 5.10 Å². The molecule has 0 amide bonds. The van der Waals surface area contributed by atoms with Crippen LogP contribution in [0, 0.1) is 11.8 Å². The molecule has 142 valence electrons. The van der Waals surface area contributed by atoms with Gasteiger partial charge in [-0.3, -0.25) is 5.10 Å². The summed E-state index contributed by atoms with van der Waals surface area (Å²) in [6.45, 7) is 0.907. The number of H-pyrrole nitrogens is 1. The molecule has 2 aromatic heterocycles. The lowest BCUT2D eigenvalue weighted by atomic mass is 9.78. The first kappa shape index (κ1) is 17.9. The molecule has 27 heavy (non-hydrogen) atoms. The van der Waals surface area contributed by atoms with E-state index in [0.29, 0.717) is 11.8 Å². The van der Waals surface area contributed by atoms with Crippen molar-refractivity contribution in [3.8, 4) is 0 Å². The van der Waals surface area contributed by atoms with Crippen LogP contribution in [-0.4, -0.2) is 37.9 Å². The molecule has 1 saturated carbocycles. The number of aryl methyl sites for hydroxylation is 1. The van der Waals surface area contributed by atoms with E-state index in [1.807, 2.05) is 6.07 Å². The second kappa shape index (κ2) is 8.48. The topological polar surface area (TPSA) is 86.7 Å². The molecule has 6 nitrogen and oxygen atoms in total. The van der Waals surface area contributed by atoms with Crippen LogP contribution in [0.5, 0.6) is 0 Å². The minimum absolute atomic E-state index is 0.188. The number of hydrogen-bond acceptors (Lipinski definition) is 5. The summed E-state index contributed by atoms with van der Waals surface area (Å²) >= 11 is 0. The molecule has 6 heteroatoms. The highest BCUT2D eigenvalue weighted by Gasteiger charge is 2.26. The largest absolute Gasteiger partial charge is 0.393 e. The van der Waals surface area contributed by atoms with Crippen LogP contribution in [0.1, 0.15) is 37.7 Å². The molecule has 1 atom stereocenters. The first-order chi connectivity index (χ1) is 13.3. The summed E-state index contributed by atoms with van der Waals surface area (Å²) < 4.78 is 0. The van der Waals surface area contributed by atoms with Gasteiger partial charge in [-0.1, -0.05) is 30.3 Å². The zero-order valence-corrected chi connectivity index (χ0v) is 15.5. The van der Waals surface area contributed by atoms with Gasteiger partial charge in [0.25, 0.3) is 0 Å². The Morgan fingerprint density at radius 3 is 2.74 bits per heavy atom. The number of rotatable bonds is 7. The normalized spacial score (nSPS) is 21.2. The molecule has 0 saturated heterocycles. The van der Waals surface area contributed by atoms with Gasteiger partial charge in [-0.05, 0) is 55.9 Å². The maximum absolute atomic E-state index is 10.6. The lowest BCUT2D eigenvalue weighted by Crippen LogP contribution is -2.28. The summed E-state index contributed by atoms with van der Waals surface area (Å²) in [5.74, 6) is 1.91. The van der Waals surface area contributed by atoms with Crippen LogP contribution in [0.15, 0.2) is 42.9 Å². The standard InChI is InChI=1S/C21H27N5O/c27-19(11-8-15-4-2-1-3-5-15)17-9-6-16(7-10-17)12-22-20-18-13-25-26-21(18)24-14-23-20/h1-5,13-14,16-17,19,27H,6-12H2,(H2,22,23,24,25,26)/t16-,17+,19-/m1/s1. The molecule has 1 fully saturated rings. The highest BCUT2D eigenvalue weighted by atomic mass is 16.3. The van der Waals surface area contributed by atoms with Gasteiger partial charge < -0.3 is 10.4 Å². The maximum atomic E-state index is 10.6. The minimum atomic E-state index is -0.188. The van der Waals surface area contributed by atoms with Crippen LogP contribution in [0.2, 0.25) is 0 Å². The van der Waals surface area contributed by atoms with Gasteiger partial charge in [0, 0.05) is 6.54 Å². The van der Waals surface area contributed by atoms with Crippen molar-refractivity contribution in [3.63, 3.8) is 0 Å². The molecule has 0 radical (unpaired) electrons. The lowest BCUT2D eigenvalue weighted by molar-refractivity contribution is 0.0684. The number of aliphatic hydroxyl groups is 1. The van der Waals surface area contributed by atoms with Crippen molar-refractivity contribution in [2.75, 3.05) is 11.9 Å². The number of aromatic nitrogens is 4. The fourth-order valence-corrected chi connectivity index (χ4v) is 4.12. The van der Waals surface area contributed by atoms with Crippen LogP contribution >= 0.6 is 0 Å². The lowest BCUT2D eigenvalue weighted by Gasteiger charge is -2.31. The Balaban J connectivity index is 1.22. The third-order valence-electron chi connectivity index (χ3n) is 5.81. The molecule has 0 aliphatic heterocycles. The first-order valence-corrected chi connectivity index (χ1v) is 9.89. The highest BCUT2D eigenvalue weighted by Crippen LogP contribution is 2.32. The van der Waals surface area contributed by atoms with Gasteiger partial charge in [0.2, 0.25) is 0 Å². The number of nitrogens with zero attached hydrogens (tertiary/aromatic N) is 3. The minimum Gasteiger partial charge on any atom is -0.393 e. The Hall–Kier alpha value is -2.47. The highest BCUT2D eigenvalue weighted by molar-refractivity contribution is 5.85. The number of fused-ring (bicyclic) bond motifs is 1. The van der Waals surface area contributed by atoms with E-state index in [4.69, 9.17) is 0 Å². The summed E-state index contributed by atoms with van der Waals surface area (Å²) in [5.41, 5.74) is 2.07. The predicted octanol–water partition coefficient (Wildman–Crippen LogP) is 3.56. The quantitative estimate of drug-likeness (QED) is 0.596. The smallest absolute Gasteiger partial charge is 0.160 e. The number of benzene rings is 1. The van der Waals surface area contributed by atoms with E-state index in [1.54, 1.807) is 12.5 Å². The summed E-state index contributed by atoms with van der Waals surface area (Å²) in [6, 6.07) is 10.4. The van der Waals surface area contributed by atoms with Crippen molar-refractivity contribution >= 4 is 16.9 Å². The Kier molecular flexibility index (Phi) is 5.63. The summed E-state index contributed by atoms with van der Waals surface area (Å²) in [4.78, 5) is 8.51. The summed E-state index contributed by atoms with van der Waals surface area (Å²) in [5, 5.41) is 21.9. The fourth-order valence-electron chi connectivity index (χ4n) is 4.12. The zero-order valence-electron chi connectivity index (χ0n) is 15.5. The van der Waals surface area contributed by atoms with Crippen molar-refractivity contribution in [1.82, 2.24) is 20.2 Å². The Morgan fingerprint density at radius 1 is 1.11 bits per heavy atom. The van der Waals surface area contributed by atoms with E-state index < -0.39 is 0 Å². The van der Waals surface area contributed by atoms with E-state index in [-0.39, 0.29) is 6.10 Å². The van der Waals surface area contributed by atoms with Gasteiger partial charge in [0.05, 0.1) is 17.7 Å². The van der Waals surface area contributed by atoms with Gasteiger partial charge in [0.15, 0.2) is 5.65 Å². The van der Waals surface area contributed by atoms with Crippen LogP contribution in [-0.2, 0) is 6.42 Å². The number of anilines is 1. The Morgan fingerprint density at radius 2 is 1.93 bits per heavy atom. The van der Waals surface area contributed by atoms with Crippen molar-refractivity contribution in [1.29, 1.82) is 0 Å². The van der Waals surface area contributed by atoms with E-state index in [9.17, 15) is 5.11 Å². The average molecular weight is 365 g/mol. The van der Waals surface area contributed by atoms with E-state index >= 15 is 0 Å². The summed E-state index contributed by atoms with van der Waals surface area (Å²) in [7, 11) is 0. The zero-order chi connectivity index (χ0) is 18.5. The van der Waals surface area contributed by atoms with Crippen molar-refractivity contribution < 1.29 is 5.11 Å². The molecule has 0 unspecified atom stereocenters. The molecule has 0 spiro atoms. The summed E-state index contributed by atoms with van der Waals surface area (Å²) in [6.07, 6.45) is 9.46. The number of hydrogen-bond donors (Lipinski definition) is 3. The molecule has 1 aliphatic carbocycles. The first-order valence-electron chi connectivity index (χ1n) is 9.89. The maximum Gasteiger partial charge on any atom is 0.160 e. The SMILES string of the molecule is O[C@H](CCc1ccccc1)[C@H]1CC[C@@H](CNc2ncnc3[nH]ncc23)CC1. The molecule has 0 bridgehead atoms. The van der Waals surface area contributed by atoms with E-state index in [0.717, 1.165) is 61.9 Å². The van der Waals surface area contributed by atoms with Gasteiger partial charge in [-0.15, -0.1) is 0 Å². The third kappa shape index (κ3) is 4.45. The van der Waals surface area contributed by atoms with Crippen LogP contribution in [0.25, 0.3) is 11.0 Å². The molecule has 2 heterocycles. The van der Waals surface area contributed by atoms with Crippen molar-refractivity contribution in [2.24, 2.45) is 11.8 Å². The third-order valence-corrected chi connectivity index (χ3v) is 5.81. The molecule has 4 rings (SSSR count). The number of aromatic amines is 1. The second-order valence-corrected chi connectivity index (χ2v) is 7.61. The van der Waals surface area contributed by atoms with Crippen molar-refractivity contribution in [2.45, 2.75) is 44.6 Å². The van der Waals surface area contributed by atoms with Gasteiger partial charge in [-0.25, -0.2) is 9.97 Å². The Bertz CT molecular complexity index is 842. The van der Waals surface area contributed by atoms with Crippen LogP contribution < -0.4 is 5.32 Å². The van der Waals surface area contributed by atoms with Gasteiger partial charge >= 0.3 is 0 Å².